The van der Waals surface area contributed by atoms with Gasteiger partial charge in [-0.05, 0) is 47.6 Å². The van der Waals surface area contributed by atoms with Crippen LogP contribution in [-0.4, -0.2) is 23.1 Å². The summed E-state index contributed by atoms with van der Waals surface area (Å²) in [6.45, 7) is 10.5. The zero-order chi connectivity index (χ0) is 17.9. The molecule has 3 rings (SSSR count). The van der Waals surface area contributed by atoms with Crippen LogP contribution in [0.4, 0.5) is 0 Å². The van der Waals surface area contributed by atoms with Crippen molar-refractivity contribution in [2.45, 2.75) is 65.0 Å². The molecule has 6 nitrogen and oxygen atoms in total. The van der Waals surface area contributed by atoms with E-state index in [9.17, 15) is 9.59 Å². The van der Waals surface area contributed by atoms with Crippen molar-refractivity contribution in [1.82, 2.24) is 0 Å². The smallest absolute Gasteiger partial charge is 0.355 e. The van der Waals surface area contributed by atoms with Gasteiger partial charge in [-0.1, -0.05) is 6.07 Å². The minimum Gasteiger partial charge on any atom is -0.457 e. The Balaban J connectivity index is 2.06. The fraction of sp³-hybridized carbons (Fsp3) is 0.556. The molecule has 0 amide bonds. The number of carbonyl (C=O) groups is 2. The van der Waals surface area contributed by atoms with Crippen LogP contribution in [0.15, 0.2) is 12.1 Å². The molecule has 0 saturated heterocycles. The first kappa shape index (κ1) is 16.8. The van der Waals surface area contributed by atoms with Gasteiger partial charge < -0.3 is 18.9 Å². The Bertz CT molecular complexity index is 692. The molecule has 0 fully saturated rings. The number of hydrogen-bond donors (Lipinski definition) is 0. The third-order valence-corrected chi connectivity index (χ3v) is 3.58. The molecule has 2 heterocycles. The van der Waals surface area contributed by atoms with Gasteiger partial charge in [0.2, 0.25) is 0 Å². The standard InChI is InChI=1S/C18H22O6/c1-16(2,3)23-14(19)18(15(20)24-17(4,5)6)11-7-8-12-13(22-12)10(11)9-21-18/h7-8H,9H2,1-6H3. The minimum absolute atomic E-state index is 0.0942. The Hall–Kier alpha value is -2.08. The minimum atomic E-state index is -1.92. The molecule has 0 bridgehead atoms. The molecule has 1 aromatic carbocycles. The highest BCUT2D eigenvalue weighted by Crippen LogP contribution is 2.55. The van der Waals surface area contributed by atoms with Crippen LogP contribution < -0.4 is 4.74 Å². The Morgan fingerprint density at radius 2 is 1.54 bits per heavy atom. The predicted octanol–water partition coefficient (Wildman–Crippen LogP) is 3.20. The maximum atomic E-state index is 12.9. The summed E-state index contributed by atoms with van der Waals surface area (Å²) >= 11 is 0. The van der Waals surface area contributed by atoms with Gasteiger partial charge in [-0.3, -0.25) is 0 Å². The Kier molecular flexibility index (Phi) is 3.46. The second kappa shape index (κ2) is 4.96. The molecule has 0 spiro atoms. The maximum Gasteiger partial charge on any atom is 0.355 e. The van der Waals surface area contributed by atoms with Crippen LogP contribution in [0.5, 0.6) is 11.5 Å². The average molecular weight is 334 g/mol. The first-order chi connectivity index (χ1) is 10.9. The van der Waals surface area contributed by atoms with E-state index < -0.39 is 28.7 Å². The Labute approximate surface area is 141 Å². The van der Waals surface area contributed by atoms with Gasteiger partial charge in [0, 0.05) is 11.1 Å². The van der Waals surface area contributed by atoms with Crippen molar-refractivity contribution in [3.63, 3.8) is 0 Å². The van der Waals surface area contributed by atoms with E-state index in [1.807, 2.05) is 0 Å². The summed E-state index contributed by atoms with van der Waals surface area (Å²) in [6, 6.07) is 3.38. The molecule has 0 unspecified atom stereocenters. The van der Waals surface area contributed by atoms with Crippen molar-refractivity contribution < 1.29 is 28.5 Å². The monoisotopic (exact) mass is 334 g/mol. The van der Waals surface area contributed by atoms with E-state index >= 15 is 0 Å². The lowest BCUT2D eigenvalue weighted by Gasteiger charge is -2.32. The van der Waals surface area contributed by atoms with Crippen molar-refractivity contribution in [2.24, 2.45) is 0 Å². The van der Waals surface area contributed by atoms with Crippen LogP contribution in [0.25, 0.3) is 0 Å². The summed E-state index contributed by atoms with van der Waals surface area (Å²) in [6.07, 6.45) is 0. The molecule has 130 valence electrons. The summed E-state index contributed by atoms with van der Waals surface area (Å²) in [4.78, 5) is 25.8. The van der Waals surface area contributed by atoms with E-state index in [2.05, 4.69) is 0 Å². The van der Waals surface area contributed by atoms with Gasteiger partial charge in [0.25, 0.3) is 5.60 Å². The summed E-state index contributed by atoms with van der Waals surface area (Å²) in [5.41, 5.74) is -2.32. The van der Waals surface area contributed by atoms with Gasteiger partial charge in [-0.25, -0.2) is 9.59 Å². The van der Waals surface area contributed by atoms with E-state index in [0.29, 0.717) is 16.9 Å². The van der Waals surface area contributed by atoms with Gasteiger partial charge in [0.1, 0.15) is 11.2 Å². The molecule has 2 aliphatic rings. The zero-order valence-corrected chi connectivity index (χ0v) is 14.8. The van der Waals surface area contributed by atoms with E-state index in [1.54, 1.807) is 53.7 Å². The number of benzene rings is 1. The highest BCUT2D eigenvalue weighted by molar-refractivity contribution is 6.06. The van der Waals surface area contributed by atoms with Crippen molar-refractivity contribution in [1.29, 1.82) is 0 Å². The summed E-state index contributed by atoms with van der Waals surface area (Å²) in [5.74, 6) is -0.143. The maximum absolute atomic E-state index is 12.9. The van der Waals surface area contributed by atoms with Crippen molar-refractivity contribution in [3.8, 4) is 11.5 Å². The molecule has 0 atom stereocenters. The van der Waals surface area contributed by atoms with E-state index in [-0.39, 0.29) is 6.61 Å². The molecule has 0 aromatic heterocycles. The molecule has 0 radical (unpaired) electrons. The van der Waals surface area contributed by atoms with Crippen molar-refractivity contribution in [2.75, 3.05) is 0 Å². The lowest BCUT2D eigenvalue weighted by Crippen LogP contribution is -2.49. The molecule has 2 aliphatic heterocycles. The first-order valence-electron chi connectivity index (χ1n) is 7.89. The van der Waals surface area contributed by atoms with E-state index in [1.165, 1.54) is 0 Å². The highest BCUT2D eigenvalue weighted by Gasteiger charge is 2.59. The zero-order valence-electron chi connectivity index (χ0n) is 14.8. The Morgan fingerprint density at radius 1 is 1.00 bits per heavy atom. The Morgan fingerprint density at radius 3 is 2.04 bits per heavy atom. The largest absolute Gasteiger partial charge is 0.457 e. The lowest BCUT2D eigenvalue weighted by atomic mass is 9.91. The van der Waals surface area contributed by atoms with Crippen LogP contribution in [0.2, 0.25) is 0 Å². The highest BCUT2D eigenvalue weighted by atomic mass is 16.6. The second-order valence-electron chi connectivity index (χ2n) is 7.99. The average Bonchev–Trinajstić information content (AvgIpc) is 3.07. The van der Waals surface area contributed by atoms with Gasteiger partial charge >= 0.3 is 11.9 Å². The van der Waals surface area contributed by atoms with E-state index in [0.717, 1.165) is 5.75 Å². The number of fused-ring (bicyclic) bond motifs is 3. The lowest BCUT2D eigenvalue weighted by molar-refractivity contribution is -0.203. The SMILES string of the molecule is CC(C)(C)OC(=O)C1(C(=O)OC(C)(C)C)OCc2c1ccc1c2O1. The van der Waals surface area contributed by atoms with Crippen LogP contribution in [0, 0.1) is 0 Å². The second-order valence-corrected chi connectivity index (χ2v) is 7.99. The predicted molar refractivity (Wildman–Crippen MR) is 84.7 cm³/mol. The number of carbonyl (C=O) groups excluding carboxylic acids is 2. The van der Waals surface area contributed by atoms with Gasteiger partial charge in [-0.2, -0.15) is 0 Å². The van der Waals surface area contributed by atoms with Crippen LogP contribution in [-0.2, 0) is 36.0 Å². The molecule has 0 aliphatic carbocycles. The normalized spacial score (nSPS) is 17.4. The molecule has 0 N–H and O–H groups in total. The molecular weight excluding hydrogens is 312 g/mol. The molecule has 6 heteroatoms. The van der Waals surface area contributed by atoms with Gasteiger partial charge in [0.05, 0.1) is 6.61 Å². The number of esters is 2. The molecule has 0 saturated carbocycles. The van der Waals surface area contributed by atoms with Crippen molar-refractivity contribution >= 4 is 11.9 Å². The topological polar surface area (TPSA) is 74.4 Å². The fourth-order valence-electron chi connectivity index (χ4n) is 2.64. The van der Waals surface area contributed by atoms with Gasteiger partial charge in [0.15, 0.2) is 11.5 Å². The number of hydrogen-bond acceptors (Lipinski definition) is 6. The third-order valence-electron chi connectivity index (χ3n) is 3.58. The molecule has 24 heavy (non-hydrogen) atoms. The summed E-state index contributed by atoms with van der Waals surface area (Å²) in [7, 11) is 0. The quantitative estimate of drug-likeness (QED) is 0.477. The number of rotatable bonds is 2. The van der Waals surface area contributed by atoms with Crippen LogP contribution in [0.3, 0.4) is 0 Å². The summed E-state index contributed by atoms with van der Waals surface area (Å²) < 4.78 is 22.0. The first-order valence-corrected chi connectivity index (χ1v) is 7.89. The van der Waals surface area contributed by atoms with Crippen molar-refractivity contribution in [3.05, 3.63) is 23.3 Å². The third kappa shape index (κ3) is 2.75. The molecular formula is C18H22O6. The van der Waals surface area contributed by atoms with Crippen LogP contribution >= 0.6 is 0 Å². The van der Waals surface area contributed by atoms with Gasteiger partial charge in [-0.15, -0.1) is 0 Å². The van der Waals surface area contributed by atoms with Crippen LogP contribution in [0.1, 0.15) is 52.7 Å². The molecule has 1 aromatic rings. The van der Waals surface area contributed by atoms with E-state index in [4.69, 9.17) is 18.9 Å². The summed E-state index contributed by atoms with van der Waals surface area (Å²) in [5, 5.41) is 0. The fourth-order valence-corrected chi connectivity index (χ4v) is 2.64. The number of ether oxygens (including phenoxy) is 4.